The first kappa shape index (κ1) is 23.8. The van der Waals surface area contributed by atoms with E-state index >= 15 is 0 Å². The van der Waals surface area contributed by atoms with Gasteiger partial charge in [0.15, 0.2) is 0 Å². The molecule has 1 amide bonds. The maximum Gasteiger partial charge on any atom is 0.251 e. The summed E-state index contributed by atoms with van der Waals surface area (Å²) in [6.45, 7) is 6.27. The van der Waals surface area contributed by atoms with Gasteiger partial charge in [-0.25, -0.2) is 4.98 Å². The lowest BCUT2D eigenvalue weighted by molar-refractivity contribution is 0.0953. The van der Waals surface area contributed by atoms with Gasteiger partial charge in [-0.1, -0.05) is 29.8 Å². The zero-order valence-electron chi connectivity index (χ0n) is 19.7. The minimum absolute atomic E-state index is 0.0892. The van der Waals surface area contributed by atoms with Crippen LogP contribution in [-0.4, -0.2) is 28.6 Å². The maximum absolute atomic E-state index is 12.3. The predicted molar refractivity (Wildman–Crippen MR) is 138 cm³/mol. The number of imidazole rings is 1. The Morgan fingerprint density at radius 2 is 1.79 bits per heavy atom. The van der Waals surface area contributed by atoms with Crippen LogP contribution in [0.4, 0.5) is 0 Å². The van der Waals surface area contributed by atoms with Crippen molar-refractivity contribution in [2.45, 2.75) is 39.7 Å². The van der Waals surface area contributed by atoms with Gasteiger partial charge in [0.25, 0.3) is 5.91 Å². The number of rotatable bonds is 10. The number of hydrogen-bond acceptors (Lipinski definition) is 3. The molecule has 6 heteroatoms. The molecule has 0 spiro atoms. The number of carbonyl (C=O) groups excluding carboxylic acids is 1. The fourth-order valence-electron chi connectivity index (χ4n) is 3.93. The Bertz CT molecular complexity index is 1260. The van der Waals surface area contributed by atoms with Gasteiger partial charge in [0.2, 0.25) is 0 Å². The molecule has 1 N–H and O–H groups in total. The third-order valence-electron chi connectivity index (χ3n) is 5.98. The smallest absolute Gasteiger partial charge is 0.251 e. The zero-order valence-corrected chi connectivity index (χ0v) is 20.4. The fourth-order valence-corrected chi connectivity index (χ4v) is 4.06. The Hall–Kier alpha value is -3.31. The first-order valence-electron chi connectivity index (χ1n) is 11.7. The van der Waals surface area contributed by atoms with Gasteiger partial charge in [0, 0.05) is 30.1 Å². The minimum Gasteiger partial charge on any atom is -0.494 e. The predicted octanol–water partition coefficient (Wildman–Crippen LogP) is 6.14. The van der Waals surface area contributed by atoms with E-state index in [1.165, 1.54) is 11.1 Å². The van der Waals surface area contributed by atoms with E-state index in [0.29, 0.717) is 23.7 Å². The summed E-state index contributed by atoms with van der Waals surface area (Å²) in [6.07, 6.45) is 2.48. The molecule has 0 aliphatic carbocycles. The average Bonchev–Trinajstić information content (AvgIpc) is 3.19. The van der Waals surface area contributed by atoms with Gasteiger partial charge >= 0.3 is 0 Å². The molecule has 0 fully saturated rings. The lowest BCUT2D eigenvalue weighted by Crippen LogP contribution is -2.25. The Morgan fingerprint density at radius 1 is 1.00 bits per heavy atom. The Balaban J connectivity index is 1.32. The molecular weight excluding hydrogens is 446 g/mol. The van der Waals surface area contributed by atoms with Crippen molar-refractivity contribution in [2.75, 3.05) is 13.2 Å². The number of fused-ring (bicyclic) bond motifs is 1. The summed E-state index contributed by atoms with van der Waals surface area (Å²) in [4.78, 5) is 17.2. The van der Waals surface area contributed by atoms with E-state index in [4.69, 9.17) is 21.3 Å². The molecule has 34 heavy (non-hydrogen) atoms. The number of ether oxygens (including phenoxy) is 1. The van der Waals surface area contributed by atoms with Crippen molar-refractivity contribution >= 4 is 28.5 Å². The van der Waals surface area contributed by atoms with Gasteiger partial charge in [-0.15, -0.1) is 0 Å². The monoisotopic (exact) mass is 475 g/mol. The van der Waals surface area contributed by atoms with Crippen molar-refractivity contribution in [3.63, 3.8) is 0 Å². The van der Waals surface area contributed by atoms with Crippen molar-refractivity contribution in [3.05, 3.63) is 94.3 Å². The second kappa shape index (κ2) is 11.2. The van der Waals surface area contributed by atoms with E-state index in [1.807, 2.05) is 24.3 Å². The summed E-state index contributed by atoms with van der Waals surface area (Å²) in [5, 5.41) is 3.60. The highest BCUT2D eigenvalue weighted by molar-refractivity contribution is 6.30. The van der Waals surface area contributed by atoms with Gasteiger partial charge < -0.3 is 14.6 Å². The lowest BCUT2D eigenvalue weighted by atomic mass is 10.1. The normalized spacial score (nSPS) is 11.0. The molecule has 4 aromatic rings. The molecule has 0 radical (unpaired) electrons. The SMILES string of the molecule is Cc1ccc(OCCCn2c(CCCNC(=O)c3ccc(Cl)cc3)nc3ccccc32)cc1C. The largest absolute Gasteiger partial charge is 0.494 e. The molecule has 0 atom stereocenters. The number of benzene rings is 3. The van der Waals surface area contributed by atoms with Crippen LogP contribution in [0.1, 0.15) is 40.2 Å². The number of halogens is 1. The summed E-state index contributed by atoms with van der Waals surface area (Å²) < 4.78 is 8.25. The summed E-state index contributed by atoms with van der Waals surface area (Å²) in [5.74, 6) is 1.86. The number of amides is 1. The van der Waals surface area contributed by atoms with Gasteiger partial charge in [-0.05, 0) is 86.3 Å². The molecule has 1 heterocycles. The van der Waals surface area contributed by atoms with Crippen molar-refractivity contribution < 1.29 is 9.53 Å². The van der Waals surface area contributed by atoms with Crippen LogP contribution >= 0.6 is 11.6 Å². The van der Waals surface area contributed by atoms with Crippen molar-refractivity contribution in [1.29, 1.82) is 0 Å². The summed E-state index contributed by atoms with van der Waals surface area (Å²) in [5.41, 5.74) is 5.25. The Labute approximate surface area is 205 Å². The highest BCUT2D eigenvalue weighted by Gasteiger charge is 2.11. The molecule has 3 aromatic carbocycles. The molecule has 4 rings (SSSR count). The van der Waals surface area contributed by atoms with Crippen molar-refractivity contribution in [1.82, 2.24) is 14.9 Å². The minimum atomic E-state index is -0.0892. The summed E-state index contributed by atoms with van der Waals surface area (Å²) in [6, 6.07) is 21.3. The fraction of sp³-hybridized carbons (Fsp3) is 0.286. The van der Waals surface area contributed by atoms with E-state index in [-0.39, 0.29) is 5.91 Å². The third kappa shape index (κ3) is 5.97. The molecule has 0 aliphatic heterocycles. The molecule has 5 nitrogen and oxygen atoms in total. The summed E-state index contributed by atoms with van der Waals surface area (Å²) >= 11 is 5.90. The molecular formula is C28H30ClN3O2. The van der Waals surface area contributed by atoms with Crippen LogP contribution in [0, 0.1) is 13.8 Å². The topological polar surface area (TPSA) is 56.1 Å². The van der Waals surface area contributed by atoms with Crippen LogP contribution in [0.15, 0.2) is 66.7 Å². The van der Waals surface area contributed by atoms with Crippen LogP contribution < -0.4 is 10.1 Å². The number of para-hydroxylation sites is 2. The van der Waals surface area contributed by atoms with E-state index in [0.717, 1.165) is 48.4 Å². The highest BCUT2D eigenvalue weighted by atomic mass is 35.5. The van der Waals surface area contributed by atoms with Gasteiger partial charge in [0.1, 0.15) is 11.6 Å². The second-order valence-corrected chi connectivity index (χ2v) is 8.92. The molecule has 0 saturated carbocycles. The maximum atomic E-state index is 12.3. The van der Waals surface area contributed by atoms with Crippen LogP contribution in [-0.2, 0) is 13.0 Å². The summed E-state index contributed by atoms with van der Waals surface area (Å²) in [7, 11) is 0. The number of aryl methyl sites for hydroxylation is 4. The first-order valence-corrected chi connectivity index (χ1v) is 12.1. The van der Waals surface area contributed by atoms with E-state index in [2.05, 4.69) is 41.9 Å². The second-order valence-electron chi connectivity index (χ2n) is 8.48. The van der Waals surface area contributed by atoms with E-state index in [1.54, 1.807) is 24.3 Å². The molecule has 0 aliphatic rings. The molecule has 1 aromatic heterocycles. The molecule has 0 unspecified atom stereocenters. The number of nitrogens with zero attached hydrogens (tertiary/aromatic N) is 2. The van der Waals surface area contributed by atoms with Crippen molar-refractivity contribution in [3.8, 4) is 5.75 Å². The Kier molecular flexibility index (Phi) is 7.86. The molecule has 0 bridgehead atoms. The van der Waals surface area contributed by atoms with Crippen LogP contribution in [0.2, 0.25) is 5.02 Å². The highest BCUT2D eigenvalue weighted by Crippen LogP contribution is 2.19. The number of carbonyl (C=O) groups is 1. The zero-order chi connectivity index (χ0) is 23.9. The molecule has 176 valence electrons. The van der Waals surface area contributed by atoms with Gasteiger partial charge in [0.05, 0.1) is 17.6 Å². The average molecular weight is 476 g/mol. The number of nitrogens with one attached hydrogen (secondary N) is 1. The number of hydrogen-bond donors (Lipinski definition) is 1. The quantitative estimate of drug-likeness (QED) is 0.280. The van der Waals surface area contributed by atoms with Gasteiger partial charge in [-0.3, -0.25) is 4.79 Å². The first-order chi connectivity index (χ1) is 16.5. The van der Waals surface area contributed by atoms with E-state index in [9.17, 15) is 4.79 Å². The van der Waals surface area contributed by atoms with Crippen LogP contribution in [0.5, 0.6) is 5.75 Å². The number of aromatic nitrogens is 2. The van der Waals surface area contributed by atoms with Crippen LogP contribution in [0.3, 0.4) is 0 Å². The van der Waals surface area contributed by atoms with Crippen molar-refractivity contribution in [2.24, 2.45) is 0 Å². The third-order valence-corrected chi connectivity index (χ3v) is 6.23. The molecule has 0 saturated heterocycles. The van der Waals surface area contributed by atoms with Crippen LogP contribution in [0.25, 0.3) is 11.0 Å². The standard InChI is InChI=1S/C28H30ClN3O2/c1-20-10-15-24(19-21(20)2)34-18-6-17-32-26-8-4-3-7-25(26)31-27(32)9-5-16-30-28(33)22-11-13-23(29)14-12-22/h3-4,7-8,10-15,19H,5-6,9,16-18H2,1-2H3,(H,30,33). The Morgan fingerprint density at radius 3 is 2.59 bits per heavy atom. The van der Waals surface area contributed by atoms with E-state index < -0.39 is 0 Å². The lowest BCUT2D eigenvalue weighted by Gasteiger charge is -2.12. The van der Waals surface area contributed by atoms with Gasteiger partial charge in [-0.2, -0.15) is 0 Å².